The van der Waals surface area contributed by atoms with Crippen molar-refractivity contribution in [2.75, 3.05) is 25.5 Å². The second kappa shape index (κ2) is 8.17. The van der Waals surface area contributed by atoms with Crippen molar-refractivity contribution in [1.29, 1.82) is 0 Å². The number of aryl methyl sites for hydroxylation is 1. The lowest BCUT2D eigenvalue weighted by Gasteiger charge is -2.30. The van der Waals surface area contributed by atoms with Gasteiger partial charge in [0.2, 0.25) is 0 Å². The van der Waals surface area contributed by atoms with Crippen LogP contribution in [0.25, 0.3) is 0 Å². The largest absolute Gasteiger partial charge is 0.497 e. The fourth-order valence-electron chi connectivity index (χ4n) is 3.24. The quantitative estimate of drug-likeness (QED) is 0.892. The Morgan fingerprint density at radius 1 is 1.31 bits per heavy atom. The molecule has 138 valence electrons. The van der Waals surface area contributed by atoms with Crippen molar-refractivity contribution < 1.29 is 9.53 Å². The Morgan fingerprint density at radius 3 is 2.77 bits per heavy atom. The summed E-state index contributed by atoms with van der Waals surface area (Å²) in [5.74, 6) is 2.63. The van der Waals surface area contributed by atoms with Crippen LogP contribution in [0, 0.1) is 12.8 Å². The van der Waals surface area contributed by atoms with E-state index >= 15 is 0 Å². The normalized spacial score (nSPS) is 17.0. The predicted molar refractivity (Wildman–Crippen MR) is 101 cm³/mol. The van der Waals surface area contributed by atoms with Gasteiger partial charge in [0.15, 0.2) is 0 Å². The van der Waals surface area contributed by atoms with Gasteiger partial charge in [-0.25, -0.2) is 9.97 Å². The molecule has 1 aromatic heterocycles. The van der Waals surface area contributed by atoms with Gasteiger partial charge < -0.3 is 15.0 Å². The van der Waals surface area contributed by atoms with E-state index in [2.05, 4.69) is 22.2 Å². The third-order valence-electron chi connectivity index (χ3n) is 4.63. The van der Waals surface area contributed by atoms with E-state index in [9.17, 15) is 4.79 Å². The van der Waals surface area contributed by atoms with Crippen LogP contribution in [0.2, 0.25) is 0 Å². The fraction of sp³-hybridized carbons (Fsp3) is 0.450. The topological polar surface area (TPSA) is 67.3 Å². The number of hydrogen-bond donors (Lipinski definition) is 1. The van der Waals surface area contributed by atoms with Gasteiger partial charge in [0.1, 0.15) is 23.1 Å². The number of carbonyl (C=O) groups excluding carboxylic acids is 1. The van der Waals surface area contributed by atoms with E-state index < -0.39 is 0 Å². The van der Waals surface area contributed by atoms with Gasteiger partial charge in [-0.05, 0) is 43.4 Å². The molecule has 1 atom stereocenters. The molecule has 1 unspecified atom stereocenters. The number of piperidine rings is 1. The number of nitrogens with one attached hydrogen (secondary N) is 1. The molecule has 1 aliphatic rings. The minimum Gasteiger partial charge on any atom is -0.497 e. The Kier molecular flexibility index (Phi) is 5.71. The maximum Gasteiger partial charge on any atom is 0.272 e. The molecule has 1 N–H and O–H groups in total. The van der Waals surface area contributed by atoms with Crippen molar-refractivity contribution in [3.63, 3.8) is 0 Å². The Hall–Kier alpha value is -2.63. The summed E-state index contributed by atoms with van der Waals surface area (Å²) < 4.78 is 5.17. The van der Waals surface area contributed by atoms with Gasteiger partial charge in [0.25, 0.3) is 5.91 Å². The number of anilines is 1. The zero-order chi connectivity index (χ0) is 18.5. The highest BCUT2D eigenvalue weighted by Gasteiger charge is 2.23. The van der Waals surface area contributed by atoms with Crippen molar-refractivity contribution >= 4 is 11.7 Å². The van der Waals surface area contributed by atoms with Gasteiger partial charge in [-0.3, -0.25) is 4.79 Å². The zero-order valence-corrected chi connectivity index (χ0v) is 15.7. The molecule has 1 saturated heterocycles. The van der Waals surface area contributed by atoms with Gasteiger partial charge >= 0.3 is 0 Å². The third-order valence-corrected chi connectivity index (χ3v) is 4.63. The van der Waals surface area contributed by atoms with E-state index in [4.69, 9.17) is 4.74 Å². The molecule has 26 heavy (non-hydrogen) atoms. The first-order chi connectivity index (χ1) is 12.5. The van der Waals surface area contributed by atoms with Crippen molar-refractivity contribution in [1.82, 2.24) is 14.9 Å². The summed E-state index contributed by atoms with van der Waals surface area (Å²) >= 11 is 0. The molecular formula is C20H26N4O2. The minimum atomic E-state index is -0.00505. The van der Waals surface area contributed by atoms with Gasteiger partial charge in [-0.1, -0.05) is 19.1 Å². The standard InChI is InChI=1S/C20H26N4O2/c1-14-5-4-10-24(13-14)20(25)18-11-19(23-15(2)22-18)21-12-16-6-8-17(26-3)9-7-16/h6-9,11,14H,4-5,10,12-13H2,1-3H3,(H,21,22,23). The molecule has 1 amide bonds. The summed E-state index contributed by atoms with van der Waals surface area (Å²) in [5, 5.41) is 3.28. The second-order valence-corrected chi connectivity index (χ2v) is 6.89. The number of ether oxygens (including phenoxy) is 1. The highest BCUT2D eigenvalue weighted by atomic mass is 16.5. The number of amides is 1. The summed E-state index contributed by atoms with van der Waals surface area (Å²) in [5.41, 5.74) is 1.57. The number of hydrogen-bond acceptors (Lipinski definition) is 5. The maximum absolute atomic E-state index is 12.8. The number of aromatic nitrogens is 2. The molecule has 1 aromatic carbocycles. The number of rotatable bonds is 5. The monoisotopic (exact) mass is 354 g/mol. The summed E-state index contributed by atoms with van der Waals surface area (Å²) in [6.45, 7) is 6.23. The molecule has 0 aliphatic carbocycles. The predicted octanol–water partition coefficient (Wildman–Crippen LogP) is 3.28. The molecule has 1 aliphatic heterocycles. The maximum atomic E-state index is 12.8. The molecule has 0 saturated carbocycles. The van der Waals surface area contributed by atoms with Crippen LogP contribution in [-0.4, -0.2) is 41.0 Å². The van der Waals surface area contributed by atoms with E-state index in [1.165, 1.54) is 6.42 Å². The number of likely N-dealkylation sites (tertiary alicyclic amines) is 1. The van der Waals surface area contributed by atoms with Crippen LogP contribution < -0.4 is 10.1 Å². The second-order valence-electron chi connectivity index (χ2n) is 6.89. The Bertz CT molecular complexity index is 761. The molecule has 3 rings (SSSR count). The van der Waals surface area contributed by atoms with Crippen LogP contribution in [0.3, 0.4) is 0 Å². The molecule has 6 nitrogen and oxygen atoms in total. The van der Waals surface area contributed by atoms with Crippen LogP contribution in [0.5, 0.6) is 5.75 Å². The first kappa shape index (κ1) is 18.2. The smallest absolute Gasteiger partial charge is 0.272 e. The highest BCUT2D eigenvalue weighted by Crippen LogP contribution is 2.19. The lowest BCUT2D eigenvalue weighted by atomic mass is 10.00. The van der Waals surface area contributed by atoms with E-state index in [0.717, 1.165) is 30.8 Å². The third kappa shape index (κ3) is 4.50. The van der Waals surface area contributed by atoms with Gasteiger partial charge in [0, 0.05) is 25.7 Å². The van der Waals surface area contributed by atoms with Crippen LogP contribution in [-0.2, 0) is 6.54 Å². The Morgan fingerprint density at radius 2 is 2.08 bits per heavy atom. The molecule has 0 spiro atoms. The highest BCUT2D eigenvalue weighted by molar-refractivity contribution is 5.93. The van der Waals surface area contributed by atoms with E-state index in [1.807, 2.05) is 36.1 Å². The summed E-state index contributed by atoms with van der Waals surface area (Å²) in [7, 11) is 1.65. The van der Waals surface area contributed by atoms with Gasteiger partial charge in [0.05, 0.1) is 7.11 Å². The van der Waals surface area contributed by atoms with Crippen LogP contribution >= 0.6 is 0 Å². The first-order valence-corrected chi connectivity index (χ1v) is 9.07. The molecule has 6 heteroatoms. The van der Waals surface area contributed by atoms with Crippen LogP contribution in [0.15, 0.2) is 30.3 Å². The van der Waals surface area contributed by atoms with Crippen molar-refractivity contribution in [3.8, 4) is 5.75 Å². The molecule has 2 aromatic rings. The van der Waals surface area contributed by atoms with Crippen molar-refractivity contribution in [2.45, 2.75) is 33.2 Å². The molecule has 1 fully saturated rings. The van der Waals surface area contributed by atoms with Gasteiger partial charge in [-0.2, -0.15) is 0 Å². The minimum absolute atomic E-state index is 0.00505. The van der Waals surface area contributed by atoms with E-state index in [0.29, 0.717) is 29.8 Å². The molecular weight excluding hydrogens is 328 g/mol. The SMILES string of the molecule is COc1ccc(CNc2cc(C(=O)N3CCCC(C)C3)nc(C)n2)cc1. The Balaban J connectivity index is 1.69. The molecule has 2 heterocycles. The molecule has 0 radical (unpaired) electrons. The van der Waals surface area contributed by atoms with Gasteiger partial charge in [-0.15, -0.1) is 0 Å². The number of nitrogens with zero attached hydrogens (tertiary/aromatic N) is 3. The lowest BCUT2D eigenvalue weighted by Crippen LogP contribution is -2.39. The molecule has 0 bridgehead atoms. The number of benzene rings is 1. The summed E-state index contributed by atoms with van der Waals surface area (Å²) in [6.07, 6.45) is 2.24. The lowest BCUT2D eigenvalue weighted by molar-refractivity contribution is 0.0676. The van der Waals surface area contributed by atoms with E-state index in [1.54, 1.807) is 13.2 Å². The fourth-order valence-corrected chi connectivity index (χ4v) is 3.24. The van der Waals surface area contributed by atoms with Crippen molar-refractivity contribution in [3.05, 3.63) is 47.4 Å². The first-order valence-electron chi connectivity index (χ1n) is 9.07. The average molecular weight is 354 g/mol. The van der Waals surface area contributed by atoms with Crippen LogP contribution in [0.1, 0.15) is 41.6 Å². The summed E-state index contributed by atoms with van der Waals surface area (Å²) in [4.78, 5) is 23.5. The zero-order valence-electron chi connectivity index (χ0n) is 15.7. The number of methoxy groups -OCH3 is 1. The van der Waals surface area contributed by atoms with Crippen LogP contribution in [0.4, 0.5) is 5.82 Å². The van der Waals surface area contributed by atoms with E-state index in [-0.39, 0.29) is 5.91 Å². The van der Waals surface area contributed by atoms with Crippen molar-refractivity contribution in [2.24, 2.45) is 5.92 Å². The Labute approximate surface area is 154 Å². The number of carbonyl (C=O) groups is 1. The summed E-state index contributed by atoms with van der Waals surface area (Å²) in [6, 6.07) is 9.60. The average Bonchev–Trinajstić information content (AvgIpc) is 2.65.